The summed E-state index contributed by atoms with van der Waals surface area (Å²) in [6, 6.07) is 15.7. The van der Waals surface area contributed by atoms with Crippen LogP contribution >= 0.6 is 0 Å². The van der Waals surface area contributed by atoms with Crippen LogP contribution < -0.4 is 15.7 Å². The summed E-state index contributed by atoms with van der Waals surface area (Å²) in [5.41, 5.74) is 2.56. The zero-order valence-electron chi connectivity index (χ0n) is 17.5. The van der Waals surface area contributed by atoms with E-state index in [0.717, 1.165) is 35.4 Å². The van der Waals surface area contributed by atoms with E-state index in [4.69, 9.17) is 4.74 Å². The molecule has 1 unspecified atom stereocenters. The highest BCUT2D eigenvalue weighted by molar-refractivity contribution is 5.80. The van der Waals surface area contributed by atoms with Gasteiger partial charge in [-0.15, -0.1) is 0 Å². The summed E-state index contributed by atoms with van der Waals surface area (Å²) < 4.78 is 8.38. The van der Waals surface area contributed by atoms with Gasteiger partial charge in [-0.25, -0.2) is 4.79 Å². The molecule has 1 aromatic heterocycles. The molecule has 1 aliphatic heterocycles. The predicted molar refractivity (Wildman–Crippen MR) is 117 cm³/mol. The van der Waals surface area contributed by atoms with Crippen molar-refractivity contribution in [3.05, 3.63) is 64.6 Å². The van der Waals surface area contributed by atoms with Gasteiger partial charge in [0.1, 0.15) is 12.3 Å². The molecule has 4 rings (SSSR count). The molecule has 158 valence electrons. The maximum atomic E-state index is 12.8. The lowest BCUT2D eigenvalue weighted by molar-refractivity contribution is -0.121. The Morgan fingerprint density at radius 3 is 2.40 bits per heavy atom. The van der Waals surface area contributed by atoms with E-state index in [-0.39, 0.29) is 24.2 Å². The van der Waals surface area contributed by atoms with Crippen molar-refractivity contribution in [1.29, 1.82) is 0 Å². The summed E-state index contributed by atoms with van der Waals surface area (Å²) in [6.07, 6.45) is 2.35. The first kappa shape index (κ1) is 20.2. The van der Waals surface area contributed by atoms with Crippen LogP contribution in [0, 0.1) is 0 Å². The number of likely N-dealkylation sites (tertiary alicyclic amines) is 1. The second-order valence-corrected chi connectivity index (χ2v) is 7.75. The number of fused-ring (bicyclic) bond motifs is 1. The van der Waals surface area contributed by atoms with Crippen molar-refractivity contribution in [3.63, 3.8) is 0 Å². The highest BCUT2D eigenvalue weighted by Gasteiger charge is 2.24. The van der Waals surface area contributed by atoms with Gasteiger partial charge >= 0.3 is 5.69 Å². The second-order valence-electron chi connectivity index (χ2n) is 7.75. The molecule has 0 bridgehead atoms. The Kier molecular flexibility index (Phi) is 5.90. The van der Waals surface area contributed by atoms with Gasteiger partial charge in [-0.05, 0) is 55.8 Å². The summed E-state index contributed by atoms with van der Waals surface area (Å²) in [7, 11) is 3.38. The monoisotopic (exact) mass is 408 g/mol. The van der Waals surface area contributed by atoms with Crippen LogP contribution in [0.15, 0.2) is 53.3 Å². The number of amides is 1. The number of carbonyl (C=O) groups is 1. The van der Waals surface area contributed by atoms with Crippen molar-refractivity contribution < 1.29 is 9.53 Å². The Hall–Kier alpha value is -3.06. The smallest absolute Gasteiger partial charge is 0.329 e. The molecule has 0 saturated carbocycles. The zero-order valence-corrected chi connectivity index (χ0v) is 17.5. The minimum atomic E-state index is -0.183. The number of rotatable bonds is 7. The first-order chi connectivity index (χ1) is 14.6. The Morgan fingerprint density at radius 1 is 1.07 bits per heavy atom. The van der Waals surface area contributed by atoms with E-state index in [1.54, 1.807) is 18.7 Å². The molecule has 3 aromatic rings. The third-order valence-corrected chi connectivity index (χ3v) is 5.93. The summed E-state index contributed by atoms with van der Waals surface area (Å²) in [5, 5.41) is 3.06. The van der Waals surface area contributed by atoms with E-state index in [1.165, 1.54) is 17.4 Å². The van der Waals surface area contributed by atoms with Crippen LogP contribution in [0.2, 0.25) is 0 Å². The number of imidazole rings is 1. The lowest BCUT2D eigenvalue weighted by Crippen LogP contribution is -2.39. The van der Waals surface area contributed by atoms with Crippen LogP contribution in [-0.2, 0) is 18.4 Å². The number of aromatic nitrogens is 2. The van der Waals surface area contributed by atoms with E-state index in [9.17, 15) is 9.59 Å². The molecule has 1 saturated heterocycles. The molecule has 1 fully saturated rings. The van der Waals surface area contributed by atoms with E-state index in [0.29, 0.717) is 6.54 Å². The minimum absolute atomic E-state index is 0.00944. The molecule has 0 spiro atoms. The van der Waals surface area contributed by atoms with Crippen LogP contribution in [0.1, 0.15) is 24.4 Å². The molecule has 2 heterocycles. The minimum Gasteiger partial charge on any atom is -0.497 e. The number of benzene rings is 2. The third-order valence-electron chi connectivity index (χ3n) is 5.93. The maximum Gasteiger partial charge on any atom is 0.329 e. The molecule has 0 radical (unpaired) electrons. The van der Waals surface area contributed by atoms with Gasteiger partial charge in [0.15, 0.2) is 0 Å². The first-order valence-corrected chi connectivity index (χ1v) is 10.4. The van der Waals surface area contributed by atoms with E-state index >= 15 is 0 Å². The second kappa shape index (κ2) is 8.75. The zero-order chi connectivity index (χ0) is 21.1. The van der Waals surface area contributed by atoms with Crippen LogP contribution in [0.3, 0.4) is 0 Å². The molecular formula is C23H28N4O3. The van der Waals surface area contributed by atoms with Gasteiger partial charge < -0.3 is 10.1 Å². The van der Waals surface area contributed by atoms with E-state index < -0.39 is 0 Å². The molecule has 0 aliphatic carbocycles. The van der Waals surface area contributed by atoms with E-state index in [1.807, 2.05) is 36.4 Å². The molecule has 2 aromatic carbocycles. The molecule has 30 heavy (non-hydrogen) atoms. The Balaban J connectivity index is 1.49. The summed E-state index contributed by atoms with van der Waals surface area (Å²) in [5.74, 6) is 0.657. The fraction of sp³-hybridized carbons (Fsp3) is 0.391. The van der Waals surface area contributed by atoms with Crippen molar-refractivity contribution >= 4 is 16.9 Å². The van der Waals surface area contributed by atoms with Gasteiger partial charge in [0, 0.05) is 13.6 Å². The molecular weight excluding hydrogens is 380 g/mol. The van der Waals surface area contributed by atoms with Gasteiger partial charge in [0.25, 0.3) is 0 Å². The highest BCUT2D eigenvalue weighted by Crippen LogP contribution is 2.26. The predicted octanol–water partition coefficient (Wildman–Crippen LogP) is 2.30. The first-order valence-electron chi connectivity index (χ1n) is 10.4. The standard InChI is InChI=1S/C23H28N4O3/c1-25-19-7-3-4-8-20(19)27(23(25)29)16-22(28)24-15-21(26-13-5-6-14-26)17-9-11-18(30-2)12-10-17/h3-4,7-12,21H,5-6,13-16H2,1-2H3,(H,24,28). The number of hydrogen-bond acceptors (Lipinski definition) is 4. The topological polar surface area (TPSA) is 68.5 Å². The van der Waals surface area contributed by atoms with Crippen LogP contribution in [0.25, 0.3) is 11.0 Å². The van der Waals surface area contributed by atoms with Crippen molar-refractivity contribution in [2.24, 2.45) is 7.05 Å². The van der Waals surface area contributed by atoms with Crippen molar-refractivity contribution in [2.45, 2.75) is 25.4 Å². The highest BCUT2D eigenvalue weighted by atomic mass is 16.5. The van der Waals surface area contributed by atoms with Crippen LogP contribution in [0.4, 0.5) is 0 Å². The van der Waals surface area contributed by atoms with Crippen molar-refractivity contribution in [2.75, 3.05) is 26.7 Å². The number of para-hydroxylation sites is 2. The molecule has 7 nitrogen and oxygen atoms in total. The lowest BCUT2D eigenvalue weighted by atomic mass is 10.1. The number of nitrogens with zero attached hydrogens (tertiary/aromatic N) is 3. The van der Waals surface area contributed by atoms with Gasteiger partial charge in [0.2, 0.25) is 5.91 Å². The molecule has 1 amide bonds. The molecule has 7 heteroatoms. The molecule has 1 N–H and O–H groups in total. The van der Waals surface area contributed by atoms with Gasteiger partial charge in [-0.1, -0.05) is 24.3 Å². The van der Waals surface area contributed by atoms with Gasteiger partial charge in [0.05, 0.1) is 24.2 Å². The third kappa shape index (κ3) is 3.98. The lowest BCUT2D eigenvalue weighted by Gasteiger charge is -2.28. The van der Waals surface area contributed by atoms with Gasteiger partial charge in [-0.2, -0.15) is 0 Å². The SMILES string of the molecule is COc1ccc(C(CNC(=O)Cn2c(=O)n(C)c3ccccc32)N2CCCC2)cc1. The largest absolute Gasteiger partial charge is 0.497 e. The van der Waals surface area contributed by atoms with Gasteiger partial charge in [-0.3, -0.25) is 18.8 Å². The average molecular weight is 409 g/mol. The average Bonchev–Trinajstić information content (AvgIpc) is 3.38. The number of ether oxygens (including phenoxy) is 1. The normalized spacial score (nSPS) is 15.4. The number of nitrogens with one attached hydrogen (secondary N) is 1. The van der Waals surface area contributed by atoms with Crippen molar-refractivity contribution in [3.8, 4) is 5.75 Å². The number of aryl methyl sites for hydroxylation is 1. The molecule has 1 atom stereocenters. The molecule has 1 aliphatic rings. The number of hydrogen-bond donors (Lipinski definition) is 1. The Morgan fingerprint density at radius 2 is 1.73 bits per heavy atom. The quantitative estimate of drug-likeness (QED) is 0.651. The fourth-order valence-electron chi connectivity index (χ4n) is 4.26. The fourth-order valence-corrected chi connectivity index (χ4v) is 4.26. The van der Waals surface area contributed by atoms with E-state index in [2.05, 4.69) is 22.3 Å². The maximum absolute atomic E-state index is 12.8. The number of methoxy groups -OCH3 is 1. The summed E-state index contributed by atoms with van der Waals surface area (Å²) in [4.78, 5) is 27.7. The van der Waals surface area contributed by atoms with Crippen molar-refractivity contribution in [1.82, 2.24) is 19.4 Å². The number of carbonyl (C=O) groups excluding carboxylic acids is 1. The van der Waals surface area contributed by atoms with Crippen LogP contribution in [-0.4, -0.2) is 46.7 Å². The summed E-state index contributed by atoms with van der Waals surface area (Å²) >= 11 is 0. The van der Waals surface area contributed by atoms with Crippen LogP contribution in [0.5, 0.6) is 5.75 Å². The Labute approximate surface area is 175 Å². The summed E-state index contributed by atoms with van der Waals surface area (Å²) in [6.45, 7) is 2.56. The Bertz CT molecular complexity index is 1080.